The van der Waals surface area contributed by atoms with Gasteiger partial charge in [0.1, 0.15) is 0 Å². The van der Waals surface area contributed by atoms with E-state index in [4.69, 9.17) is 0 Å². The third-order valence-corrected chi connectivity index (χ3v) is 4.91. The Morgan fingerprint density at radius 2 is 1.07 bits per heavy atom. The fourth-order valence-electron chi connectivity index (χ4n) is 3.67. The van der Waals surface area contributed by atoms with Crippen molar-refractivity contribution < 1.29 is 10.2 Å². The van der Waals surface area contributed by atoms with Crippen molar-refractivity contribution in [1.82, 2.24) is 9.80 Å². The molecule has 154 valence electrons. The van der Waals surface area contributed by atoms with Crippen molar-refractivity contribution in [2.75, 3.05) is 39.4 Å². The molecule has 0 spiro atoms. The lowest BCUT2D eigenvalue weighted by atomic mass is 10.0. The summed E-state index contributed by atoms with van der Waals surface area (Å²) in [6.07, 6.45) is 2.17. The Morgan fingerprint density at radius 1 is 0.643 bits per heavy atom. The summed E-state index contributed by atoms with van der Waals surface area (Å²) in [5, 5.41) is 18.6. The number of rotatable bonds is 13. The number of aliphatic hydroxyl groups is 2. The Hall–Kier alpha value is -1.72. The Kier molecular flexibility index (Phi) is 10.2. The van der Waals surface area contributed by atoms with Crippen LogP contribution in [0.15, 0.2) is 48.5 Å². The summed E-state index contributed by atoms with van der Waals surface area (Å²) in [7, 11) is 0. The second-order valence-electron chi connectivity index (χ2n) is 7.40. The number of benzene rings is 2. The zero-order valence-corrected chi connectivity index (χ0v) is 17.5. The first kappa shape index (κ1) is 22.6. The Labute approximate surface area is 170 Å². The van der Waals surface area contributed by atoms with E-state index in [1.165, 1.54) is 22.3 Å². The van der Waals surface area contributed by atoms with E-state index in [9.17, 15) is 10.2 Å². The molecule has 0 radical (unpaired) electrons. The highest BCUT2D eigenvalue weighted by atomic mass is 16.3. The number of hydrogen-bond acceptors (Lipinski definition) is 4. The van der Waals surface area contributed by atoms with Crippen LogP contribution >= 0.6 is 0 Å². The highest BCUT2D eigenvalue weighted by Crippen LogP contribution is 2.23. The molecule has 2 aromatic carbocycles. The quantitative estimate of drug-likeness (QED) is 0.552. The van der Waals surface area contributed by atoms with Crippen LogP contribution in [0.25, 0.3) is 11.1 Å². The van der Waals surface area contributed by atoms with E-state index < -0.39 is 0 Å². The topological polar surface area (TPSA) is 46.9 Å². The molecule has 0 atom stereocenters. The van der Waals surface area contributed by atoms with Crippen LogP contribution in [-0.4, -0.2) is 59.4 Å². The predicted molar refractivity (Wildman–Crippen MR) is 117 cm³/mol. The van der Waals surface area contributed by atoms with E-state index in [1.807, 2.05) is 0 Å². The van der Waals surface area contributed by atoms with Gasteiger partial charge in [0.25, 0.3) is 0 Å². The van der Waals surface area contributed by atoms with Gasteiger partial charge in [-0.15, -0.1) is 0 Å². The molecule has 0 heterocycles. The maximum absolute atomic E-state index is 9.29. The molecule has 0 unspecified atom stereocenters. The summed E-state index contributed by atoms with van der Waals surface area (Å²) in [5.74, 6) is 0. The lowest BCUT2D eigenvalue weighted by Gasteiger charge is -2.21. The molecule has 0 fully saturated rings. The minimum atomic E-state index is 0.198. The molecule has 0 aliphatic rings. The molecule has 0 saturated heterocycles. The zero-order valence-electron chi connectivity index (χ0n) is 17.5. The van der Waals surface area contributed by atoms with Gasteiger partial charge >= 0.3 is 0 Å². The molecule has 0 aliphatic heterocycles. The normalized spacial score (nSPS) is 11.5. The molecule has 4 nitrogen and oxygen atoms in total. The maximum atomic E-state index is 9.29. The van der Waals surface area contributed by atoms with Gasteiger partial charge in [0.15, 0.2) is 0 Å². The second-order valence-corrected chi connectivity index (χ2v) is 7.40. The summed E-state index contributed by atoms with van der Waals surface area (Å²) in [4.78, 5) is 4.60. The number of nitrogens with zero attached hydrogens (tertiary/aromatic N) is 2. The van der Waals surface area contributed by atoms with E-state index in [0.717, 1.165) is 39.0 Å². The van der Waals surface area contributed by atoms with Crippen molar-refractivity contribution in [1.29, 1.82) is 0 Å². The smallest absolute Gasteiger partial charge is 0.0558 e. The first-order valence-corrected chi connectivity index (χ1v) is 10.5. The monoisotopic (exact) mass is 384 g/mol. The maximum Gasteiger partial charge on any atom is 0.0558 e. The SMILES string of the molecule is CCCN(CCO)Cc1cccc(-c2cccc(CN(CCC)CCO)c2)c1. The molecule has 2 rings (SSSR count). The summed E-state index contributed by atoms with van der Waals surface area (Å²) in [6.45, 7) is 9.89. The van der Waals surface area contributed by atoms with Crippen LogP contribution in [0.4, 0.5) is 0 Å². The fraction of sp³-hybridized carbons (Fsp3) is 0.500. The van der Waals surface area contributed by atoms with E-state index in [2.05, 4.69) is 72.2 Å². The molecule has 2 N–H and O–H groups in total. The average molecular weight is 385 g/mol. The van der Waals surface area contributed by atoms with Crippen molar-refractivity contribution in [3.05, 3.63) is 59.7 Å². The summed E-state index contributed by atoms with van der Waals surface area (Å²) in [5.41, 5.74) is 5.00. The molecule has 0 aliphatic carbocycles. The predicted octanol–water partition coefficient (Wildman–Crippen LogP) is 3.76. The third-order valence-electron chi connectivity index (χ3n) is 4.91. The molecule has 2 aromatic rings. The number of aliphatic hydroxyl groups excluding tert-OH is 2. The lowest BCUT2D eigenvalue weighted by molar-refractivity contribution is 0.190. The van der Waals surface area contributed by atoms with Gasteiger partial charge in [-0.2, -0.15) is 0 Å². The van der Waals surface area contributed by atoms with Crippen molar-refractivity contribution in [3.63, 3.8) is 0 Å². The van der Waals surface area contributed by atoms with E-state index >= 15 is 0 Å². The van der Waals surface area contributed by atoms with Crippen LogP contribution in [0.1, 0.15) is 37.8 Å². The van der Waals surface area contributed by atoms with Gasteiger partial charge < -0.3 is 10.2 Å². The lowest BCUT2D eigenvalue weighted by Crippen LogP contribution is -2.27. The van der Waals surface area contributed by atoms with Crippen molar-refractivity contribution in [3.8, 4) is 11.1 Å². The third kappa shape index (κ3) is 7.36. The van der Waals surface area contributed by atoms with Crippen LogP contribution in [-0.2, 0) is 13.1 Å². The van der Waals surface area contributed by atoms with Gasteiger partial charge in [-0.1, -0.05) is 50.2 Å². The minimum absolute atomic E-state index is 0.198. The van der Waals surface area contributed by atoms with E-state index in [-0.39, 0.29) is 13.2 Å². The Morgan fingerprint density at radius 3 is 1.43 bits per heavy atom. The summed E-state index contributed by atoms with van der Waals surface area (Å²) in [6, 6.07) is 17.4. The molecule has 4 heteroatoms. The molecule has 0 bridgehead atoms. The standard InChI is InChI=1S/C24H36N2O2/c1-3-11-25(13-15-27)19-21-7-5-9-23(17-21)24-10-6-8-22(18-24)20-26(12-4-2)14-16-28/h5-10,17-18,27-28H,3-4,11-16,19-20H2,1-2H3. The Balaban J connectivity index is 2.14. The van der Waals surface area contributed by atoms with Crippen LogP contribution in [0.5, 0.6) is 0 Å². The summed E-state index contributed by atoms with van der Waals surface area (Å²) < 4.78 is 0. The van der Waals surface area contributed by atoms with Crippen LogP contribution in [0, 0.1) is 0 Å². The highest BCUT2D eigenvalue weighted by Gasteiger charge is 2.08. The summed E-state index contributed by atoms with van der Waals surface area (Å²) >= 11 is 0. The van der Waals surface area contributed by atoms with Gasteiger partial charge in [0, 0.05) is 26.2 Å². The van der Waals surface area contributed by atoms with E-state index in [1.54, 1.807) is 0 Å². The van der Waals surface area contributed by atoms with Gasteiger partial charge in [0.05, 0.1) is 13.2 Å². The van der Waals surface area contributed by atoms with Crippen molar-refractivity contribution >= 4 is 0 Å². The molecule has 0 aromatic heterocycles. The molecule has 0 amide bonds. The molecule has 0 saturated carbocycles. The van der Waals surface area contributed by atoms with Crippen LogP contribution in [0.3, 0.4) is 0 Å². The minimum Gasteiger partial charge on any atom is -0.395 e. The average Bonchev–Trinajstić information content (AvgIpc) is 2.69. The van der Waals surface area contributed by atoms with Crippen molar-refractivity contribution in [2.45, 2.75) is 39.8 Å². The fourth-order valence-corrected chi connectivity index (χ4v) is 3.67. The zero-order chi connectivity index (χ0) is 20.2. The molecular formula is C24H36N2O2. The highest BCUT2D eigenvalue weighted by molar-refractivity contribution is 5.65. The second kappa shape index (κ2) is 12.7. The van der Waals surface area contributed by atoms with Gasteiger partial charge in [-0.25, -0.2) is 0 Å². The van der Waals surface area contributed by atoms with Gasteiger partial charge in [0.2, 0.25) is 0 Å². The Bertz CT molecular complexity index is 618. The van der Waals surface area contributed by atoms with Gasteiger partial charge in [-0.3, -0.25) is 9.80 Å². The first-order chi connectivity index (χ1) is 13.7. The van der Waals surface area contributed by atoms with E-state index in [0.29, 0.717) is 13.1 Å². The largest absolute Gasteiger partial charge is 0.395 e. The van der Waals surface area contributed by atoms with Crippen molar-refractivity contribution in [2.24, 2.45) is 0 Å². The van der Waals surface area contributed by atoms with Crippen LogP contribution < -0.4 is 0 Å². The molecule has 28 heavy (non-hydrogen) atoms. The van der Waals surface area contributed by atoms with Crippen LogP contribution in [0.2, 0.25) is 0 Å². The number of hydrogen-bond donors (Lipinski definition) is 2. The molecular weight excluding hydrogens is 348 g/mol. The first-order valence-electron chi connectivity index (χ1n) is 10.5. The van der Waals surface area contributed by atoms with Gasteiger partial charge in [-0.05, 0) is 60.3 Å².